The van der Waals surface area contributed by atoms with Crippen LogP contribution in [0.3, 0.4) is 0 Å². The van der Waals surface area contributed by atoms with Crippen LogP contribution < -0.4 is 4.72 Å². The van der Waals surface area contributed by atoms with Crippen molar-refractivity contribution >= 4 is 16.0 Å². The summed E-state index contributed by atoms with van der Waals surface area (Å²) in [7, 11) is -3.96. The molecular formula is C14H18N2O4S. The van der Waals surface area contributed by atoms with E-state index in [4.69, 9.17) is 10.4 Å². The van der Waals surface area contributed by atoms with E-state index in [1.54, 1.807) is 13.0 Å². The predicted molar refractivity (Wildman–Crippen MR) is 77.9 cm³/mol. The molecule has 0 aliphatic rings. The topological polar surface area (TPSA) is 107 Å². The maximum Gasteiger partial charge on any atom is 0.321 e. The Morgan fingerprint density at radius 1 is 1.38 bits per heavy atom. The minimum atomic E-state index is -3.96. The molecule has 1 aromatic rings. The van der Waals surface area contributed by atoms with Crippen LogP contribution in [-0.2, 0) is 21.2 Å². The molecule has 2 unspecified atom stereocenters. The Balaban J connectivity index is 2.75. The standard InChI is InChI=1S/C14H18N2O4S/c1-2-12(10-15)21(19,20)16-13(14(17)18)9-8-11-6-4-3-5-7-11/h3-7,12-13,16H,2,8-9H2,1H3,(H,17,18). The van der Waals surface area contributed by atoms with E-state index in [2.05, 4.69) is 4.72 Å². The molecule has 0 radical (unpaired) electrons. The highest BCUT2D eigenvalue weighted by Gasteiger charge is 2.29. The third-order valence-electron chi connectivity index (χ3n) is 3.06. The molecule has 1 aromatic carbocycles. The largest absolute Gasteiger partial charge is 0.480 e. The van der Waals surface area contributed by atoms with Crippen LogP contribution in [0.15, 0.2) is 30.3 Å². The van der Waals surface area contributed by atoms with Gasteiger partial charge in [0.1, 0.15) is 6.04 Å². The van der Waals surface area contributed by atoms with Gasteiger partial charge in [0.15, 0.2) is 5.25 Å². The molecule has 0 bridgehead atoms. The van der Waals surface area contributed by atoms with Crippen LogP contribution in [-0.4, -0.2) is 30.8 Å². The quantitative estimate of drug-likeness (QED) is 0.752. The fraction of sp³-hybridized carbons (Fsp3) is 0.429. The van der Waals surface area contributed by atoms with Crippen LogP contribution in [0.2, 0.25) is 0 Å². The van der Waals surface area contributed by atoms with E-state index in [1.165, 1.54) is 0 Å². The molecule has 0 aliphatic heterocycles. The van der Waals surface area contributed by atoms with Gasteiger partial charge in [-0.1, -0.05) is 37.3 Å². The number of hydrogen-bond donors (Lipinski definition) is 2. The summed E-state index contributed by atoms with van der Waals surface area (Å²) in [5.41, 5.74) is 0.926. The predicted octanol–water partition coefficient (Wildman–Crippen LogP) is 1.29. The minimum Gasteiger partial charge on any atom is -0.480 e. The second-order valence-corrected chi connectivity index (χ2v) is 6.50. The van der Waals surface area contributed by atoms with Crippen molar-refractivity contribution in [2.24, 2.45) is 0 Å². The van der Waals surface area contributed by atoms with Gasteiger partial charge in [-0.05, 0) is 24.8 Å². The first-order valence-corrected chi connectivity index (χ1v) is 8.12. The molecule has 21 heavy (non-hydrogen) atoms. The summed E-state index contributed by atoms with van der Waals surface area (Å²) < 4.78 is 26.0. The van der Waals surface area contributed by atoms with Gasteiger partial charge in [0.2, 0.25) is 10.0 Å². The van der Waals surface area contributed by atoms with Crippen LogP contribution in [0, 0.1) is 11.3 Å². The fourth-order valence-corrected chi connectivity index (χ4v) is 3.21. The molecule has 0 amide bonds. The number of rotatable bonds is 8. The number of hydrogen-bond acceptors (Lipinski definition) is 4. The Kier molecular flexibility index (Phi) is 6.34. The second kappa shape index (κ2) is 7.76. The molecule has 114 valence electrons. The summed E-state index contributed by atoms with van der Waals surface area (Å²) in [5.74, 6) is -1.25. The minimum absolute atomic E-state index is 0.108. The molecule has 1 rings (SSSR count). The van der Waals surface area contributed by atoms with E-state index in [-0.39, 0.29) is 12.8 Å². The molecule has 0 heterocycles. The summed E-state index contributed by atoms with van der Waals surface area (Å²) >= 11 is 0. The number of nitriles is 1. The van der Waals surface area contributed by atoms with Crippen molar-refractivity contribution in [2.45, 2.75) is 37.5 Å². The number of sulfonamides is 1. The normalized spacial score (nSPS) is 14.1. The Morgan fingerprint density at radius 3 is 2.48 bits per heavy atom. The van der Waals surface area contributed by atoms with Gasteiger partial charge in [-0.15, -0.1) is 0 Å². The molecule has 6 nitrogen and oxygen atoms in total. The SMILES string of the molecule is CCC(C#N)S(=O)(=O)NC(CCc1ccccc1)C(=O)O. The molecule has 2 atom stereocenters. The third-order valence-corrected chi connectivity index (χ3v) is 4.86. The highest BCUT2D eigenvalue weighted by Crippen LogP contribution is 2.09. The molecule has 0 saturated heterocycles. The van der Waals surface area contributed by atoms with Gasteiger partial charge in [0, 0.05) is 0 Å². The first-order chi connectivity index (χ1) is 9.90. The summed E-state index contributed by atoms with van der Waals surface area (Å²) in [6.45, 7) is 1.56. The molecule has 0 spiro atoms. The van der Waals surface area contributed by atoms with Crippen LogP contribution in [0.5, 0.6) is 0 Å². The summed E-state index contributed by atoms with van der Waals surface area (Å²) in [6, 6.07) is 9.63. The van der Waals surface area contributed by atoms with Crippen LogP contribution in [0.25, 0.3) is 0 Å². The van der Waals surface area contributed by atoms with Crippen molar-refractivity contribution in [2.75, 3.05) is 0 Å². The van der Waals surface area contributed by atoms with Crippen molar-refractivity contribution in [3.63, 3.8) is 0 Å². The Bertz CT molecular complexity index is 608. The molecule has 0 fully saturated rings. The highest BCUT2D eigenvalue weighted by molar-refractivity contribution is 7.90. The Morgan fingerprint density at radius 2 is 2.00 bits per heavy atom. The number of carbonyl (C=O) groups is 1. The van der Waals surface area contributed by atoms with Crippen molar-refractivity contribution in [1.82, 2.24) is 4.72 Å². The number of carboxylic acid groups (broad SMARTS) is 1. The van der Waals surface area contributed by atoms with Gasteiger partial charge >= 0.3 is 5.97 Å². The summed E-state index contributed by atoms with van der Waals surface area (Å²) in [6.07, 6.45) is 0.668. The molecule has 0 saturated carbocycles. The number of nitrogens with one attached hydrogen (secondary N) is 1. The van der Waals surface area contributed by atoms with Gasteiger partial charge < -0.3 is 5.11 Å². The van der Waals surface area contributed by atoms with Gasteiger partial charge in [0.25, 0.3) is 0 Å². The van der Waals surface area contributed by atoms with E-state index in [1.807, 2.05) is 30.3 Å². The molecule has 7 heteroatoms. The maximum absolute atomic E-state index is 11.9. The highest BCUT2D eigenvalue weighted by atomic mass is 32.2. The third kappa shape index (κ3) is 5.17. The van der Waals surface area contributed by atoms with Crippen molar-refractivity contribution in [3.8, 4) is 6.07 Å². The average molecular weight is 310 g/mol. The van der Waals surface area contributed by atoms with Crippen molar-refractivity contribution in [3.05, 3.63) is 35.9 Å². The van der Waals surface area contributed by atoms with Crippen LogP contribution in [0.4, 0.5) is 0 Å². The van der Waals surface area contributed by atoms with Crippen molar-refractivity contribution < 1.29 is 18.3 Å². The second-order valence-electron chi connectivity index (χ2n) is 4.60. The van der Waals surface area contributed by atoms with Crippen LogP contribution in [0.1, 0.15) is 25.3 Å². The molecule has 0 aliphatic carbocycles. The van der Waals surface area contributed by atoms with Crippen LogP contribution >= 0.6 is 0 Å². The van der Waals surface area contributed by atoms with Gasteiger partial charge in [-0.25, -0.2) is 8.42 Å². The fourth-order valence-electron chi connectivity index (χ4n) is 1.85. The van der Waals surface area contributed by atoms with E-state index in [9.17, 15) is 13.2 Å². The smallest absolute Gasteiger partial charge is 0.321 e. The number of nitrogens with zero attached hydrogens (tertiary/aromatic N) is 1. The monoisotopic (exact) mass is 310 g/mol. The lowest BCUT2D eigenvalue weighted by Crippen LogP contribution is -2.44. The van der Waals surface area contributed by atoms with E-state index >= 15 is 0 Å². The molecule has 0 aromatic heterocycles. The lowest BCUT2D eigenvalue weighted by atomic mass is 10.1. The first-order valence-electron chi connectivity index (χ1n) is 6.58. The first kappa shape index (κ1) is 17.1. The number of benzene rings is 1. The zero-order valence-corrected chi connectivity index (χ0v) is 12.5. The van der Waals surface area contributed by atoms with Crippen molar-refractivity contribution in [1.29, 1.82) is 5.26 Å². The lowest BCUT2D eigenvalue weighted by molar-refractivity contribution is -0.139. The van der Waals surface area contributed by atoms with Gasteiger partial charge in [-0.3, -0.25) is 4.79 Å². The number of carboxylic acids is 1. The van der Waals surface area contributed by atoms with E-state index in [0.29, 0.717) is 6.42 Å². The van der Waals surface area contributed by atoms with Gasteiger partial charge in [0.05, 0.1) is 6.07 Å². The number of aliphatic carboxylic acids is 1. The van der Waals surface area contributed by atoms with Gasteiger partial charge in [-0.2, -0.15) is 9.98 Å². The number of aryl methyl sites for hydroxylation is 1. The average Bonchev–Trinajstić information content (AvgIpc) is 2.45. The zero-order valence-electron chi connectivity index (χ0n) is 11.7. The van der Waals surface area contributed by atoms with E-state index < -0.39 is 27.3 Å². The summed E-state index contributed by atoms with van der Waals surface area (Å²) in [4.78, 5) is 11.2. The Hall–Kier alpha value is -1.91. The van der Waals surface area contributed by atoms with E-state index in [0.717, 1.165) is 5.56 Å². The Labute approximate surface area is 124 Å². The lowest BCUT2D eigenvalue weighted by Gasteiger charge is -2.16. The summed E-state index contributed by atoms with van der Waals surface area (Å²) in [5, 5.41) is 16.7. The molecular weight excluding hydrogens is 292 g/mol. The zero-order chi connectivity index (χ0) is 15.9. The maximum atomic E-state index is 11.9. The molecule has 2 N–H and O–H groups in total.